The van der Waals surface area contributed by atoms with E-state index in [4.69, 9.17) is 10.5 Å². The molecule has 2 aromatic heterocycles. The number of hydrogen-bond acceptors (Lipinski definition) is 9. The van der Waals surface area contributed by atoms with E-state index >= 15 is 0 Å². The molecule has 0 amide bonds. The van der Waals surface area contributed by atoms with Crippen LogP contribution in [0.5, 0.6) is 5.75 Å². The molecule has 3 aromatic rings. The van der Waals surface area contributed by atoms with Crippen molar-refractivity contribution in [3.8, 4) is 17.1 Å². The predicted octanol–water partition coefficient (Wildman–Crippen LogP) is 2.10. The first kappa shape index (κ1) is 18.9. The van der Waals surface area contributed by atoms with E-state index in [0.717, 1.165) is 28.8 Å². The number of anilines is 2. The number of nitrogens with zero attached hydrogens (tertiary/aromatic N) is 7. The van der Waals surface area contributed by atoms with E-state index in [1.807, 2.05) is 42.9 Å². The van der Waals surface area contributed by atoms with Gasteiger partial charge in [0.05, 0.1) is 18.4 Å². The summed E-state index contributed by atoms with van der Waals surface area (Å²) in [5.74, 6) is 3.37. The van der Waals surface area contributed by atoms with E-state index in [2.05, 4.69) is 32.1 Å². The Labute approximate surface area is 162 Å². The van der Waals surface area contributed by atoms with Crippen LogP contribution in [0.1, 0.15) is 12.7 Å². The molecule has 0 atom stereocenters. The summed E-state index contributed by atoms with van der Waals surface area (Å²) >= 11 is 1.50. The molecule has 0 aliphatic rings. The summed E-state index contributed by atoms with van der Waals surface area (Å²) in [4.78, 5) is 14.5. The summed E-state index contributed by atoms with van der Waals surface area (Å²) in [5, 5.41) is 9.49. The van der Waals surface area contributed by atoms with Crippen LogP contribution < -0.4 is 15.4 Å². The number of hydrogen-bond donors (Lipinski definition) is 1. The van der Waals surface area contributed by atoms with E-state index in [-0.39, 0.29) is 5.95 Å². The summed E-state index contributed by atoms with van der Waals surface area (Å²) in [6.07, 6.45) is 0. The van der Waals surface area contributed by atoms with Crippen LogP contribution in [0.15, 0.2) is 29.4 Å². The minimum atomic E-state index is 0.205. The van der Waals surface area contributed by atoms with Crippen molar-refractivity contribution in [2.75, 3.05) is 31.8 Å². The Balaban J connectivity index is 1.86. The minimum absolute atomic E-state index is 0.205. The van der Waals surface area contributed by atoms with Gasteiger partial charge in [0.1, 0.15) is 11.6 Å². The van der Waals surface area contributed by atoms with Crippen molar-refractivity contribution in [3.63, 3.8) is 0 Å². The molecule has 0 bridgehead atoms. The van der Waals surface area contributed by atoms with Gasteiger partial charge in [-0.15, -0.1) is 10.2 Å². The fraction of sp³-hybridized carbons (Fsp3) is 0.353. The molecule has 0 radical (unpaired) electrons. The molecule has 0 fully saturated rings. The highest BCUT2D eigenvalue weighted by atomic mass is 32.2. The van der Waals surface area contributed by atoms with Crippen molar-refractivity contribution < 1.29 is 4.74 Å². The van der Waals surface area contributed by atoms with Crippen LogP contribution in [-0.2, 0) is 12.3 Å². The van der Waals surface area contributed by atoms with Crippen molar-refractivity contribution in [1.82, 2.24) is 29.7 Å². The number of nitrogens with two attached hydrogens (primary N) is 1. The first-order valence-corrected chi connectivity index (χ1v) is 9.39. The van der Waals surface area contributed by atoms with E-state index in [1.165, 1.54) is 11.8 Å². The van der Waals surface area contributed by atoms with Crippen molar-refractivity contribution in [2.24, 2.45) is 0 Å². The van der Waals surface area contributed by atoms with Crippen molar-refractivity contribution in [3.05, 3.63) is 30.1 Å². The van der Waals surface area contributed by atoms with Crippen molar-refractivity contribution in [2.45, 2.75) is 24.4 Å². The third kappa shape index (κ3) is 4.11. The Kier molecular flexibility index (Phi) is 5.75. The third-order valence-electron chi connectivity index (χ3n) is 3.80. The van der Waals surface area contributed by atoms with E-state index in [9.17, 15) is 0 Å². The van der Waals surface area contributed by atoms with Gasteiger partial charge >= 0.3 is 0 Å². The molecule has 9 nitrogen and oxygen atoms in total. The summed E-state index contributed by atoms with van der Waals surface area (Å²) in [7, 11) is 5.37. The van der Waals surface area contributed by atoms with Gasteiger partial charge in [-0.3, -0.25) is 0 Å². The van der Waals surface area contributed by atoms with E-state index in [0.29, 0.717) is 17.5 Å². The summed E-state index contributed by atoms with van der Waals surface area (Å²) < 4.78 is 7.49. The van der Waals surface area contributed by atoms with E-state index < -0.39 is 0 Å². The second-order valence-electron chi connectivity index (χ2n) is 5.84. The summed E-state index contributed by atoms with van der Waals surface area (Å²) in [6.45, 7) is 2.78. The van der Waals surface area contributed by atoms with Gasteiger partial charge in [0.25, 0.3) is 0 Å². The number of ether oxygens (including phenoxy) is 1. The topological polar surface area (TPSA) is 108 Å². The molecule has 3 rings (SSSR count). The van der Waals surface area contributed by atoms with Crippen LogP contribution in [0.25, 0.3) is 11.4 Å². The number of aromatic nitrogens is 6. The Bertz CT molecular complexity index is 927. The molecule has 2 heterocycles. The van der Waals surface area contributed by atoms with Gasteiger partial charge in [0.15, 0.2) is 11.0 Å². The lowest BCUT2D eigenvalue weighted by molar-refractivity contribution is 0.416. The van der Waals surface area contributed by atoms with Crippen LogP contribution in [0, 0.1) is 0 Å². The minimum Gasteiger partial charge on any atom is -0.496 e. The lowest BCUT2D eigenvalue weighted by Gasteiger charge is -2.12. The van der Waals surface area contributed by atoms with Gasteiger partial charge in [-0.2, -0.15) is 15.0 Å². The van der Waals surface area contributed by atoms with Crippen LogP contribution in [0.3, 0.4) is 0 Å². The molecule has 0 spiro atoms. The zero-order chi connectivity index (χ0) is 19.4. The average Bonchev–Trinajstić information content (AvgIpc) is 3.08. The van der Waals surface area contributed by atoms with Gasteiger partial charge in [0, 0.05) is 20.6 Å². The molecular formula is C17H22N8OS. The van der Waals surface area contributed by atoms with Crippen molar-refractivity contribution >= 4 is 23.7 Å². The highest BCUT2D eigenvalue weighted by Crippen LogP contribution is 2.31. The molecule has 0 unspecified atom stereocenters. The molecule has 0 aliphatic heterocycles. The fourth-order valence-electron chi connectivity index (χ4n) is 2.53. The Morgan fingerprint density at radius 1 is 1.15 bits per heavy atom. The molecular weight excluding hydrogens is 364 g/mol. The molecule has 1 aromatic carbocycles. The quantitative estimate of drug-likeness (QED) is 0.611. The zero-order valence-corrected chi connectivity index (χ0v) is 16.6. The number of nitrogen functional groups attached to an aromatic ring is 1. The standard InChI is InChI=1S/C17H22N8OS/c1-5-25-14(11-8-6-7-9-12(11)26-4)22-23-17(25)27-10-13-19-15(18)21-16(20-13)24(2)3/h6-9H,5,10H2,1-4H3,(H2,18,19,20,21). The molecule has 10 heteroatoms. The Morgan fingerprint density at radius 3 is 2.63 bits per heavy atom. The highest BCUT2D eigenvalue weighted by molar-refractivity contribution is 7.98. The number of benzene rings is 1. The normalized spacial score (nSPS) is 10.8. The maximum absolute atomic E-state index is 5.79. The zero-order valence-electron chi connectivity index (χ0n) is 15.7. The van der Waals surface area contributed by atoms with Crippen LogP contribution in [-0.4, -0.2) is 50.9 Å². The first-order valence-electron chi connectivity index (χ1n) is 8.40. The number of rotatable bonds is 7. The van der Waals surface area contributed by atoms with Crippen LogP contribution in [0.2, 0.25) is 0 Å². The average molecular weight is 386 g/mol. The maximum atomic E-state index is 5.79. The summed E-state index contributed by atoms with van der Waals surface area (Å²) in [6, 6.07) is 7.76. The van der Waals surface area contributed by atoms with E-state index in [1.54, 1.807) is 12.0 Å². The molecule has 0 aliphatic carbocycles. The SMILES string of the molecule is CCn1c(SCc2nc(N)nc(N(C)C)n2)nnc1-c1ccccc1OC. The number of para-hydroxylation sites is 1. The van der Waals surface area contributed by atoms with Gasteiger partial charge in [-0.05, 0) is 19.1 Å². The Morgan fingerprint density at radius 2 is 1.93 bits per heavy atom. The molecule has 0 saturated heterocycles. The predicted molar refractivity (Wildman–Crippen MR) is 106 cm³/mol. The smallest absolute Gasteiger partial charge is 0.229 e. The summed E-state index contributed by atoms with van der Waals surface area (Å²) in [5.41, 5.74) is 6.69. The van der Waals surface area contributed by atoms with Crippen LogP contribution in [0.4, 0.5) is 11.9 Å². The van der Waals surface area contributed by atoms with Gasteiger partial charge in [-0.25, -0.2) is 0 Å². The fourth-order valence-corrected chi connectivity index (χ4v) is 3.39. The Hall–Kier alpha value is -2.88. The molecule has 2 N–H and O–H groups in total. The van der Waals surface area contributed by atoms with Gasteiger partial charge < -0.3 is 19.9 Å². The van der Waals surface area contributed by atoms with Crippen LogP contribution >= 0.6 is 11.8 Å². The lowest BCUT2D eigenvalue weighted by Crippen LogP contribution is -2.16. The highest BCUT2D eigenvalue weighted by Gasteiger charge is 2.17. The second-order valence-corrected chi connectivity index (χ2v) is 6.79. The third-order valence-corrected chi connectivity index (χ3v) is 4.76. The second kappa shape index (κ2) is 8.21. The molecule has 0 saturated carbocycles. The lowest BCUT2D eigenvalue weighted by atomic mass is 10.2. The van der Waals surface area contributed by atoms with Gasteiger partial charge in [0.2, 0.25) is 11.9 Å². The monoisotopic (exact) mass is 386 g/mol. The van der Waals surface area contributed by atoms with Crippen molar-refractivity contribution in [1.29, 1.82) is 0 Å². The number of methoxy groups -OCH3 is 1. The largest absolute Gasteiger partial charge is 0.496 e. The molecule has 142 valence electrons. The number of thioether (sulfide) groups is 1. The molecule has 27 heavy (non-hydrogen) atoms. The first-order chi connectivity index (χ1) is 13.0. The maximum Gasteiger partial charge on any atom is 0.229 e. The van der Waals surface area contributed by atoms with Gasteiger partial charge in [-0.1, -0.05) is 23.9 Å².